The molecule has 0 aromatic heterocycles. The number of rotatable bonds is 4. The van der Waals surface area contributed by atoms with Crippen LogP contribution in [0.5, 0.6) is 0 Å². The maximum atomic E-state index is 5.61. The van der Waals surface area contributed by atoms with Crippen molar-refractivity contribution in [3.63, 3.8) is 0 Å². The van der Waals surface area contributed by atoms with Crippen LogP contribution in [0.4, 0.5) is 5.69 Å². The third-order valence-corrected chi connectivity index (χ3v) is 2.60. The van der Waals surface area contributed by atoms with Crippen molar-refractivity contribution in [3.05, 3.63) is 65.7 Å². The third-order valence-electron chi connectivity index (χ3n) is 2.60. The van der Waals surface area contributed by atoms with Crippen LogP contribution in [-0.4, -0.2) is 5.71 Å². The first kappa shape index (κ1) is 15.8. The summed E-state index contributed by atoms with van der Waals surface area (Å²) in [5.74, 6) is 0. The summed E-state index contributed by atoms with van der Waals surface area (Å²) in [7, 11) is 0. The smallest absolute Gasteiger partial charge is 0.142 e. The molecule has 2 aromatic carbocycles. The molecule has 0 aliphatic rings. The fourth-order valence-electron chi connectivity index (χ4n) is 1.55. The van der Waals surface area contributed by atoms with Gasteiger partial charge in [0.15, 0.2) is 0 Å². The zero-order valence-electron chi connectivity index (χ0n) is 12.3. The van der Waals surface area contributed by atoms with E-state index in [1.54, 1.807) is 0 Å². The van der Waals surface area contributed by atoms with E-state index >= 15 is 0 Å². The molecule has 2 N–H and O–H groups in total. The molecule has 0 amide bonds. The molecule has 2 rings (SSSR count). The fourth-order valence-corrected chi connectivity index (χ4v) is 1.55. The van der Waals surface area contributed by atoms with Crippen LogP contribution >= 0.6 is 0 Å². The largest absolute Gasteiger partial charge is 0.399 e. The van der Waals surface area contributed by atoms with E-state index in [-0.39, 0.29) is 0 Å². The lowest BCUT2D eigenvalue weighted by Gasteiger charge is -2.03. The second kappa shape index (κ2) is 8.75. The summed E-state index contributed by atoms with van der Waals surface area (Å²) in [5.41, 5.74) is 9.34. The first-order chi connectivity index (χ1) is 9.75. The van der Waals surface area contributed by atoms with Crippen molar-refractivity contribution in [2.24, 2.45) is 5.16 Å². The lowest BCUT2D eigenvalue weighted by Crippen LogP contribution is -1.96. The zero-order valence-corrected chi connectivity index (χ0v) is 12.3. The SMILES string of the molecule is C/C(=N\OCc1ccc(N)cc1)c1ccccc1.CC. The first-order valence-electron chi connectivity index (χ1n) is 6.82. The Morgan fingerprint density at radius 2 is 1.60 bits per heavy atom. The topological polar surface area (TPSA) is 47.6 Å². The Hall–Kier alpha value is -2.29. The molecule has 0 unspecified atom stereocenters. The fraction of sp³-hybridized carbons (Fsp3) is 0.235. The molecule has 106 valence electrons. The quantitative estimate of drug-likeness (QED) is 0.513. The second-order valence-corrected chi connectivity index (χ2v) is 4.06. The van der Waals surface area contributed by atoms with Gasteiger partial charge in [0, 0.05) is 5.69 Å². The monoisotopic (exact) mass is 270 g/mol. The Kier molecular flexibility index (Phi) is 6.90. The van der Waals surface area contributed by atoms with Gasteiger partial charge in [-0.05, 0) is 30.2 Å². The van der Waals surface area contributed by atoms with Gasteiger partial charge in [0.05, 0.1) is 5.71 Å². The number of anilines is 1. The Morgan fingerprint density at radius 3 is 2.20 bits per heavy atom. The molecule has 3 nitrogen and oxygen atoms in total. The van der Waals surface area contributed by atoms with Crippen LogP contribution in [-0.2, 0) is 11.4 Å². The second-order valence-electron chi connectivity index (χ2n) is 4.06. The van der Waals surface area contributed by atoms with Gasteiger partial charge in [-0.25, -0.2) is 0 Å². The maximum absolute atomic E-state index is 5.61. The lowest BCUT2D eigenvalue weighted by molar-refractivity contribution is 0.130. The number of nitrogen functional groups attached to an aromatic ring is 1. The highest BCUT2D eigenvalue weighted by Crippen LogP contribution is 2.07. The highest BCUT2D eigenvalue weighted by Gasteiger charge is 1.97. The first-order valence-corrected chi connectivity index (χ1v) is 6.82. The molecular weight excluding hydrogens is 248 g/mol. The van der Waals surface area contributed by atoms with Gasteiger partial charge < -0.3 is 10.6 Å². The van der Waals surface area contributed by atoms with E-state index in [1.807, 2.05) is 75.4 Å². The van der Waals surface area contributed by atoms with Gasteiger partial charge >= 0.3 is 0 Å². The summed E-state index contributed by atoms with van der Waals surface area (Å²) in [6, 6.07) is 17.5. The van der Waals surface area contributed by atoms with Crippen LogP contribution in [0.15, 0.2) is 59.8 Å². The molecule has 0 radical (unpaired) electrons. The molecule has 0 bridgehead atoms. The maximum Gasteiger partial charge on any atom is 0.142 e. The molecule has 3 heteroatoms. The predicted molar refractivity (Wildman–Crippen MR) is 85.6 cm³/mol. The molecule has 2 aromatic rings. The number of oxime groups is 1. The van der Waals surface area contributed by atoms with Gasteiger partial charge in [0.1, 0.15) is 6.61 Å². The lowest BCUT2D eigenvalue weighted by atomic mass is 10.1. The average molecular weight is 270 g/mol. The normalized spacial score (nSPS) is 10.4. The van der Waals surface area contributed by atoms with Crippen LogP contribution in [0.3, 0.4) is 0 Å². The minimum absolute atomic E-state index is 0.449. The van der Waals surface area contributed by atoms with Crippen LogP contribution in [0, 0.1) is 0 Å². The van der Waals surface area contributed by atoms with Gasteiger partial charge in [-0.2, -0.15) is 0 Å². The molecule has 20 heavy (non-hydrogen) atoms. The summed E-state index contributed by atoms with van der Waals surface area (Å²) in [4.78, 5) is 5.32. The summed E-state index contributed by atoms with van der Waals surface area (Å²) < 4.78 is 0. The third kappa shape index (κ3) is 5.14. The van der Waals surface area contributed by atoms with Crippen LogP contribution in [0.25, 0.3) is 0 Å². The summed E-state index contributed by atoms with van der Waals surface area (Å²) in [6.07, 6.45) is 0. The van der Waals surface area contributed by atoms with Crippen molar-refractivity contribution in [3.8, 4) is 0 Å². The zero-order chi connectivity index (χ0) is 14.8. The molecule has 0 aliphatic heterocycles. The Labute approximate surface area is 121 Å². The van der Waals surface area contributed by atoms with Crippen LogP contribution in [0.1, 0.15) is 31.9 Å². The van der Waals surface area contributed by atoms with Crippen molar-refractivity contribution in [1.29, 1.82) is 0 Å². The molecule has 0 spiro atoms. The van der Waals surface area contributed by atoms with Crippen LogP contribution in [0.2, 0.25) is 0 Å². The Bertz CT molecular complexity index is 518. The van der Waals surface area contributed by atoms with E-state index in [0.29, 0.717) is 6.61 Å². The number of nitrogens with zero attached hydrogens (tertiary/aromatic N) is 1. The minimum Gasteiger partial charge on any atom is -0.399 e. The summed E-state index contributed by atoms with van der Waals surface area (Å²) in [6.45, 7) is 6.38. The van der Waals surface area contributed by atoms with Crippen LogP contribution < -0.4 is 5.73 Å². The molecule has 0 atom stereocenters. The Morgan fingerprint density at radius 1 is 1.00 bits per heavy atom. The van der Waals surface area contributed by atoms with Crippen molar-refractivity contribution in [2.75, 3.05) is 5.73 Å². The predicted octanol–water partition coefficient (Wildman–Crippen LogP) is 4.24. The van der Waals surface area contributed by atoms with Gasteiger partial charge in [0.2, 0.25) is 0 Å². The minimum atomic E-state index is 0.449. The van der Waals surface area contributed by atoms with Crippen molar-refractivity contribution < 1.29 is 4.84 Å². The number of benzene rings is 2. The van der Waals surface area contributed by atoms with E-state index in [2.05, 4.69) is 5.16 Å². The van der Waals surface area contributed by atoms with Gasteiger partial charge in [-0.3, -0.25) is 0 Å². The van der Waals surface area contributed by atoms with E-state index in [4.69, 9.17) is 10.6 Å². The standard InChI is InChI=1S/C15H16N2O.C2H6/c1-12(14-5-3-2-4-6-14)17-18-11-13-7-9-15(16)10-8-13;1-2/h2-10H,11,16H2,1H3;1-2H3/b17-12+;. The summed E-state index contributed by atoms with van der Waals surface area (Å²) >= 11 is 0. The number of nitrogens with two attached hydrogens (primary N) is 1. The average Bonchev–Trinajstić information content (AvgIpc) is 2.52. The van der Waals surface area contributed by atoms with Crippen molar-refractivity contribution in [2.45, 2.75) is 27.4 Å². The highest BCUT2D eigenvalue weighted by atomic mass is 16.6. The van der Waals surface area contributed by atoms with Crippen molar-refractivity contribution in [1.82, 2.24) is 0 Å². The molecule has 0 aliphatic carbocycles. The van der Waals surface area contributed by atoms with Gasteiger partial charge in [-0.15, -0.1) is 0 Å². The molecule has 0 heterocycles. The summed E-state index contributed by atoms with van der Waals surface area (Å²) in [5, 5.41) is 4.10. The molecule has 0 saturated heterocycles. The van der Waals surface area contributed by atoms with E-state index in [0.717, 1.165) is 22.5 Å². The molecule has 0 fully saturated rings. The van der Waals surface area contributed by atoms with Gasteiger partial charge in [-0.1, -0.05) is 61.5 Å². The van der Waals surface area contributed by atoms with Crippen molar-refractivity contribution >= 4 is 11.4 Å². The van der Waals surface area contributed by atoms with Gasteiger partial charge in [0.25, 0.3) is 0 Å². The van der Waals surface area contributed by atoms with E-state index < -0.39 is 0 Å². The molecular formula is C17H22N2O. The number of hydrogen-bond donors (Lipinski definition) is 1. The molecule has 0 saturated carbocycles. The Balaban J connectivity index is 0.000000956. The number of hydrogen-bond acceptors (Lipinski definition) is 3. The highest BCUT2D eigenvalue weighted by molar-refractivity contribution is 5.98. The van der Waals surface area contributed by atoms with E-state index in [1.165, 1.54) is 0 Å². The van der Waals surface area contributed by atoms with E-state index in [9.17, 15) is 0 Å².